The van der Waals surface area contributed by atoms with E-state index in [1.807, 2.05) is 43.3 Å². The van der Waals surface area contributed by atoms with E-state index < -0.39 is 7.82 Å². The second-order valence-corrected chi connectivity index (χ2v) is 10.9. The van der Waals surface area contributed by atoms with Gasteiger partial charge in [-0.3, -0.25) is 9.05 Å². The summed E-state index contributed by atoms with van der Waals surface area (Å²) < 4.78 is 45.9. The van der Waals surface area contributed by atoms with E-state index in [4.69, 9.17) is 32.8 Å². The zero-order valence-corrected chi connectivity index (χ0v) is 24.9. The Hall–Kier alpha value is -1.51. The lowest BCUT2D eigenvalue weighted by molar-refractivity contribution is -0.132. The number of phosphoric ester groups is 1. The maximum atomic E-state index is 13.3. The van der Waals surface area contributed by atoms with Gasteiger partial charge in [-0.05, 0) is 24.8 Å². The highest BCUT2D eigenvalue weighted by molar-refractivity contribution is 7.48. The second kappa shape index (κ2) is 22.2. The fraction of sp³-hybridized carbons (Fsp3) is 0.667. The first-order chi connectivity index (χ1) is 19.2. The number of hydrogen-bond donors (Lipinski definition) is 0. The number of benzene rings is 2. The van der Waals surface area contributed by atoms with Gasteiger partial charge < -0.3 is 19.1 Å². The molecule has 222 valence electrons. The van der Waals surface area contributed by atoms with E-state index in [1.165, 1.54) is 44.9 Å². The largest absolute Gasteiger partial charge is 0.511 e. The van der Waals surface area contributed by atoms with Crippen LogP contribution in [0, 0.1) is 0 Å². The lowest BCUT2D eigenvalue weighted by atomic mass is 10.1. The molecule has 0 radical (unpaired) electrons. The molecule has 0 aliphatic heterocycles. The Balaban J connectivity index is 1.73. The standard InChI is InChI=1S/C30H49O8P/c1-3-5-6-7-8-9-10-11-12-15-21-35-39(31,36-27-26-34-25-24-33-23-22-32-4-2)38-37-30-20-16-18-28-17-13-14-19-29(28)30/h13-14,16-20H,3-12,15,21-27H2,1-2H3. The summed E-state index contributed by atoms with van der Waals surface area (Å²) in [5, 5.41) is 1.83. The van der Waals surface area contributed by atoms with Gasteiger partial charge in [-0.15, -0.1) is 0 Å². The van der Waals surface area contributed by atoms with E-state index in [0.717, 1.165) is 30.0 Å². The molecule has 0 bridgehead atoms. The van der Waals surface area contributed by atoms with E-state index >= 15 is 0 Å². The van der Waals surface area contributed by atoms with Crippen molar-refractivity contribution < 1.29 is 37.4 Å². The summed E-state index contributed by atoms with van der Waals surface area (Å²) >= 11 is 0. The van der Waals surface area contributed by atoms with Gasteiger partial charge in [0, 0.05) is 12.0 Å². The van der Waals surface area contributed by atoms with Gasteiger partial charge in [0.2, 0.25) is 0 Å². The van der Waals surface area contributed by atoms with Crippen molar-refractivity contribution >= 4 is 18.6 Å². The van der Waals surface area contributed by atoms with E-state index in [9.17, 15) is 4.57 Å². The number of rotatable bonds is 26. The third-order valence-electron chi connectivity index (χ3n) is 6.14. The Labute approximate surface area is 235 Å². The van der Waals surface area contributed by atoms with Crippen LogP contribution in [-0.4, -0.2) is 52.9 Å². The molecule has 0 saturated carbocycles. The van der Waals surface area contributed by atoms with Crippen molar-refractivity contribution in [2.45, 2.75) is 78.1 Å². The van der Waals surface area contributed by atoms with Crippen LogP contribution in [0.5, 0.6) is 5.75 Å². The molecule has 0 amide bonds. The molecule has 0 saturated heterocycles. The molecule has 39 heavy (non-hydrogen) atoms. The van der Waals surface area contributed by atoms with Crippen molar-refractivity contribution in [3.8, 4) is 5.75 Å². The third-order valence-corrected chi connectivity index (χ3v) is 7.40. The number of fused-ring (bicyclic) bond motifs is 1. The molecule has 0 aliphatic carbocycles. The summed E-state index contributed by atoms with van der Waals surface area (Å²) in [5.74, 6) is 0.444. The van der Waals surface area contributed by atoms with Gasteiger partial charge >= 0.3 is 7.82 Å². The molecule has 8 nitrogen and oxygen atoms in total. The number of ether oxygens (including phenoxy) is 3. The summed E-state index contributed by atoms with van der Waals surface area (Å²) in [4.78, 5) is 5.49. The monoisotopic (exact) mass is 568 g/mol. The van der Waals surface area contributed by atoms with Gasteiger partial charge in [0.15, 0.2) is 5.75 Å². The molecule has 1 unspecified atom stereocenters. The van der Waals surface area contributed by atoms with Crippen LogP contribution in [0.2, 0.25) is 0 Å². The van der Waals surface area contributed by atoms with E-state index in [2.05, 4.69) is 6.92 Å². The van der Waals surface area contributed by atoms with Gasteiger partial charge in [0.05, 0.1) is 46.2 Å². The molecule has 2 rings (SSSR count). The van der Waals surface area contributed by atoms with Gasteiger partial charge in [0.1, 0.15) is 0 Å². The minimum Gasteiger partial charge on any atom is -0.379 e. The van der Waals surface area contributed by atoms with E-state index in [1.54, 1.807) is 6.07 Å². The highest BCUT2D eigenvalue weighted by Gasteiger charge is 2.29. The highest BCUT2D eigenvalue weighted by Crippen LogP contribution is 2.50. The average molecular weight is 569 g/mol. The normalized spacial score (nSPS) is 13.1. The van der Waals surface area contributed by atoms with Crippen LogP contribution in [0.25, 0.3) is 10.8 Å². The number of unbranched alkanes of at least 4 members (excludes halogenated alkanes) is 9. The molecule has 0 N–H and O–H groups in total. The fourth-order valence-corrected chi connectivity index (χ4v) is 4.98. The highest BCUT2D eigenvalue weighted by atomic mass is 31.2. The second-order valence-electron chi connectivity index (χ2n) is 9.35. The zero-order valence-electron chi connectivity index (χ0n) is 24.0. The van der Waals surface area contributed by atoms with Crippen LogP contribution in [0.1, 0.15) is 78.1 Å². The van der Waals surface area contributed by atoms with Crippen molar-refractivity contribution in [3.63, 3.8) is 0 Å². The minimum atomic E-state index is -3.96. The van der Waals surface area contributed by atoms with Crippen molar-refractivity contribution in [1.29, 1.82) is 0 Å². The molecule has 0 fully saturated rings. The third kappa shape index (κ3) is 15.8. The summed E-state index contributed by atoms with van der Waals surface area (Å²) in [6.45, 7) is 7.30. The average Bonchev–Trinajstić information content (AvgIpc) is 2.96. The first kappa shape index (κ1) is 33.7. The van der Waals surface area contributed by atoms with Crippen LogP contribution in [0.15, 0.2) is 42.5 Å². The minimum absolute atomic E-state index is 0.0349. The van der Waals surface area contributed by atoms with Crippen molar-refractivity contribution in [3.05, 3.63) is 42.5 Å². The Bertz CT molecular complexity index is 904. The topological polar surface area (TPSA) is 81.7 Å². The molecular formula is C30H49O8P. The fourth-order valence-electron chi connectivity index (χ4n) is 3.99. The summed E-state index contributed by atoms with van der Waals surface area (Å²) in [5.41, 5.74) is 0. The Morgan fingerprint density at radius 3 is 1.85 bits per heavy atom. The quantitative estimate of drug-likeness (QED) is 0.0485. The van der Waals surface area contributed by atoms with Gasteiger partial charge in [-0.1, -0.05) is 106 Å². The molecule has 0 spiro atoms. The molecule has 0 aliphatic rings. The first-order valence-corrected chi connectivity index (χ1v) is 16.1. The Morgan fingerprint density at radius 2 is 1.15 bits per heavy atom. The van der Waals surface area contributed by atoms with Crippen LogP contribution >= 0.6 is 7.82 Å². The SMILES string of the molecule is CCCCCCCCCCCCOP(=O)(OCCOCCOCCOCC)OOc1cccc2ccccc12. The molecular weight excluding hydrogens is 519 g/mol. The van der Waals surface area contributed by atoms with Gasteiger partial charge in [0.25, 0.3) is 0 Å². The molecule has 0 aromatic heterocycles. The lowest BCUT2D eigenvalue weighted by Gasteiger charge is -2.17. The first-order valence-electron chi connectivity index (χ1n) is 14.6. The predicted molar refractivity (Wildman–Crippen MR) is 155 cm³/mol. The maximum Gasteiger partial charge on any atom is 0.511 e. The summed E-state index contributed by atoms with van der Waals surface area (Å²) in [6, 6.07) is 13.3. The van der Waals surface area contributed by atoms with Crippen molar-refractivity contribution in [2.24, 2.45) is 0 Å². The van der Waals surface area contributed by atoms with E-state index in [0.29, 0.717) is 38.8 Å². The van der Waals surface area contributed by atoms with Crippen LogP contribution in [0.4, 0.5) is 0 Å². The molecule has 9 heteroatoms. The predicted octanol–water partition coefficient (Wildman–Crippen LogP) is 8.28. The molecule has 2 aromatic carbocycles. The zero-order chi connectivity index (χ0) is 27.9. The summed E-state index contributed by atoms with van der Waals surface area (Å²) in [6.07, 6.45) is 12.0. The van der Waals surface area contributed by atoms with Crippen molar-refractivity contribution in [2.75, 3.05) is 52.9 Å². The van der Waals surface area contributed by atoms with Gasteiger partial charge in [-0.2, -0.15) is 0 Å². The lowest BCUT2D eigenvalue weighted by Crippen LogP contribution is -2.12. The summed E-state index contributed by atoms with van der Waals surface area (Å²) in [7, 11) is -3.96. The van der Waals surface area contributed by atoms with Gasteiger partial charge in [-0.25, -0.2) is 4.57 Å². The van der Waals surface area contributed by atoms with Crippen LogP contribution in [-0.2, 0) is 32.5 Å². The van der Waals surface area contributed by atoms with Crippen LogP contribution in [0.3, 0.4) is 0 Å². The smallest absolute Gasteiger partial charge is 0.379 e. The number of hydrogen-bond acceptors (Lipinski definition) is 8. The Kier molecular flexibility index (Phi) is 19.2. The maximum absolute atomic E-state index is 13.3. The molecule has 0 heterocycles. The van der Waals surface area contributed by atoms with Crippen LogP contribution < -0.4 is 4.89 Å². The Morgan fingerprint density at radius 1 is 0.590 bits per heavy atom. The molecule has 1 atom stereocenters. The van der Waals surface area contributed by atoms with Crippen molar-refractivity contribution in [1.82, 2.24) is 0 Å². The number of phosphoric acid groups is 1. The van der Waals surface area contributed by atoms with E-state index in [-0.39, 0.29) is 19.8 Å². The molecule has 2 aromatic rings.